The van der Waals surface area contributed by atoms with Gasteiger partial charge in [-0.15, -0.1) is 0 Å². The quantitative estimate of drug-likeness (QED) is 0.878. The highest BCUT2D eigenvalue weighted by atomic mass is 79.9. The molecule has 1 aromatic heterocycles. The monoisotopic (exact) mass is 311 g/mol. The predicted molar refractivity (Wildman–Crippen MR) is 75.2 cm³/mol. The lowest BCUT2D eigenvalue weighted by Crippen LogP contribution is -2.35. The summed E-state index contributed by atoms with van der Waals surface area (Å²) in [5.41, 5.74) is 6.16. The number of carbonyl (C=O) groups excluding carboxylic acids is 1. The first-order valence-electron chi connectivity index (χ1n) is 6.32. The third-order valence-electron chi connectivity index (χ3n) is 3.26. The van der Waals surface area contributed by atoms with E-state index in [-0.39, 0.29) is 11.9 Å². The number of hydrogen-bond donors (Lipinski definition) is 2. The summed E-state index contributed by atoms with van der Waals surface area (Å²) in [7, 11) is 0. The lowest BCUT2D eigenvalue weighted by atomic mass is 10.1. The van der Waals surface area contributed by atoms with Gasteiger partial charge in [-0.3, -0.25) is 4.79 Å². The van der Waals surface area contributed by atoms with Gasteiger partial charge in [0.2, 0.25) is 0 Å². The van der Waals surface area contributed by atoms with Gasteiger partial charge in [-0.2, -0.15) is 0 Å². The number of rotatable bonds is 5. The number of amides is 1. The minimum absolute atomic E-state index is 0.0801. The Balaban J connectivity index is 2.02. The average Bonchev–Trinajstić information content (AvgIpc) is 3.15. The minimum atomic E-state index is -0.0801. The van der Waals surface area contributed by atoms with Gasteiger partial charge < -0.3 is 11.1 Å². The fourth-order valence-electron chi connectivity index (χ4n) is 1.98. The summed E-state index contributed by atoms with van der Waals surface area (Å²) < 4.78 is 0.676. The van der Waals surface area contributed by atoms with Gasteiger partial charge in [-0.25, -0.2) is 4.98 Å². The Morgan fingerprint density at radius 3 is 3.00 bits per heavy atom. The predicted octanol–water partition coefficient (Wildman–Crippen LogP) is 2.73. The first kappa shape index (κ1) is 13.3. The smallest absolute Gasteiger partial charge is 0.252 e. The largest absolute Gasteiger partial charge is 0.384 e. The van der Waals surface area contributed by atoms with E-state index in [4.69, 9.17) is 5.73 Å². The van der Waals surface area contributed by atoms with E-state index in [1.165, 1.54) is 12.8 Å². The highest BCUT2D eigenvalue weighted by Gasteiger charge is 2.26. The molecule has 0 bridgehead atoms. The second-order valence-corrected chi connectivity index (χ2v) is 5.70. The zero-order chi connectivity index (χ0) is 13.1. The van der Waals surface area contributed by atoms with Crippen LogP contribution in [0, 0.1) is 5.92 Å². The van der Waals surface area contributed by atoms with Crippen molar-refractivity contribution in [2.75, 3.05) is 5.73 Å². The molecule has 1 fully saturated rings. The van der Waals surface area contributed by atoms with Gasteiger partial charge in [-0.05, 0) is 40.8 Å². The second kappa shape index (κ2) is 5.69. The number of nitrogen functional groups attached to an aromatic ring is 1. The molecule has 0 saturated heterocycles. The van der Waals surface area contributed by atoms with Crippen LogP contribution >= 0.6 is 15.9 Å². The SMILES string of the molecule is CCC(CC1CC1)NC(=O)c1cc(N)ncc1Br. The summed E-state index contributed by atoms with van der Waals surface area (Å²) in [6.07, 6.45) is 6.21. The summed E-state index contributed by atoms with van der Waals surface area (Å²) in [6, 6.07) is 1.86. The molecular formula is C13H18BrN3O. The van der Waals surface area contributed by atoms with E-state index in [0.717, 1.165) is 18.8 Å². The number of hydrogen-bond acceptors (Lipinski definition) is 3. The van der Waals surface area contributed by atoms with Crippen LogP contribution in [0.15, 0.2) is 16.7 Å². The molecule has 0 aliphatic heterocycles. The second-order valence-electron chi connectivity index (χ2n) is 4.85. The summed E-state index contributed by atoms with van der Waals surface area (Å²) in [6.45, 7) is 2.10. The Bertz CT molecular complexity index is 446. The van der Waals surface area contributed by atoms with Gasteiger partial charge in [0.25, 0.3) is 5.91 Å². The van der Waals surface area contributed by atoms with Crippen molar-refractivity contribution in [3.8, 4) is 0 Å². The Kier molecular flexibility index (Phi) is 4.22. The topological polar surface area (TPSA) is 68.0 Å². The number of carbonyl (C=O) groups is 1. The van der Waals surface area contributed by atoms with Gasteiger partial charge in [0.15, 0.2) is 0 Å². The molecule has 4 nitrogen and oxygen atoms in total. The lowest BCUT2D eigenvalue weighted by molar-refractivity contribution is 0.0932. The first-order valence-corrected chi connectivity index (χ1v) is 7.11. The molecule has 0 aromatic carbocycles. The zero-order valence-electron chi connectivity index (χ0n) is 10.4. The van der Waals surface area contributed by atoms with Crippen molar-refractivity contribution in [3.63, 3.8) is 0 Å². The number of nitrogens with zero attached hydrogens (tertiary/aromatic N) is 1. The Labute approximate surface area is 115 Å². The van der Waals surface area contributed by atoms with E-state index < -0.39 is 0 Å². The summed E-state index contributed by atoms with van der Waals surface area (Å²) in [5.74, 6) is 1.09. The van der Waals surface area contributed by atoms with E-state index in [1.807, 2.05) is 0 Å². The number of nitrogens with two attached hydrogens (primary N) is 1. The number of anilines is 1. The van der Waals surface area contributed by atoms with Gasteiger partial charge >= 0.3 is 0 Å². The molecule has 1 amide bonds. The van der Waals surface area contributed by atoms with Crippen molar-refractivity contribution in [3.05, 3.63) is 22.3 Å². The number of aromatic nitrogens is 1. The van der Waals surface area contributed by atoms with Crippen LogP contribution in [-0.4, -0.2) is 16.9 Å². The summed E-state index contributed by atoms with van der Waals surface area (Å²) in [5, 5.41) is 3.07. The van der Waals surface area contributed by atoms with Gasteiger partial charge in [0.1, 0.15) is 5.82 Å². The fraction of sp³-hybridized carbons (Fsp3) is 0.538. The standard InChI is InChI=1S/C13H18BrN3O/c1-2-9(5-8-3-4-8)17-13(18)10-6-12(15)16-7-11(10)14/h6-9H,2-5H2,1H3,(H2,15,16)(H,17,18). The van der Waals surface area contributed by atoms with Gasteiger partial charge in [-0.1, -0.05) is 19.8 Å². The molecule has 1 aliphatic rings. The van der Waals surface area contributed by atoms with Crippen LogP contribution in [0.5, 0.6) is 0 Å². The minimum Gasteiger partial charge on any atom is -0.384 e. The molecule has 1 atom stereocenters. The van der Waals surface area contributed by atoms with Crippen molar-refractivity contribution in [1.82, 2.24) is 10.3 Å². The Morgan fingerprint density at radius 2 is 2.39 bits per heavy atom. The maximum atomic E-state index is 12.2. The summed E-state index contributed by atoms with van der Waals surface area (Å²) in [4.78, 5) is 16.1. The van der Waals surface area contributed by atoms with E-state index >= 15 is 0 Å². The van der Waals surface area contributed by atoms with Crippen molar-refractivity contribution >= 4 is 27.7 Å². The number of nitrogens with one attached hydrogen (secondary N) is 1. The van der Waals surface area contributed by atoms with Crippen LogP contribution in [0.2, 0.25) is 0 Å². The van der Waals surface area contributed by atoms with Crippen molar-refractivity contribution in [2.24, 2.45) is 5.92 Å². The molecule has 18 heavy (non-hydrogen) atoms. The maximum Gasteiger partial charge on any atom is 0.252 e. The molecule has 1 saturated carbocycles. The van der Waals surface area contributed by atoms with E-state index in [9.17, 15) is 4.79 Å². The van der Waals surface area contributed by atoms with Crippen LogP contribution in [-0.2, 0) is 0 Å². The van der Waals surface area contributed by atoms with Crippen LogP contribution < -0.4 is 11.1 Å². The fourth-order valence-corrected chi connectivity index (χ4v) is 2.37. The number of pyridine rings is 1. The molecule has 1 unspecified atom stereocenters. The van der Waals surface area contributed by atoms with E-state index in [2.05, 4.69) is 33.2 Å². The molecule has 1 aromatic rings. The zero-order valence-corrected chi connectivity index (χ0v) is 12.0. The van der Waals surface area contributed by atoms with Crippen LogP contribution in [0.3, 0.4) is 0 Å². The molecule has 1 heterocycles. The normalized spacial score (nSPS) is 16.3. The van der Waals surface area contributed by atoms with Crippen molar-refractivity contribution in [1.29, 1.82) is 0 Å². The summed E-state index contributed by atoms with van der Waals surface area (Å²) >= 11 is 3.33. The molecule has 0 radical (unpaired) electrons. The molecule has 98 valence electrons. The molecule has 5 heteroatoms. The van der Waals surface area contributed by atoms with E-state index in [0.29, 0.717) is 15.9 Å². The maximum absolute atomic E-state index is 12.2. The van der Waals surface area contributed by atoms with Crippen molar-refractivity contribution in [2.45, 2.75) is 38.6 Å². The molecular weight excluding hydrogens is 294 g/mol. The average molecular weight is 312 g/mol. The Hall–Kier alpha value is -1.10. The van der Waals surface area contributed by atoms with Crippen LogP contribution in [0.1, 0.15) is 43.0 Å². The number of halogens is 1. The highest BCUT2D eigenvalue weighted by Crippen LogP contribution is 2.34. The molecule has 0 spiro atoms. The lowest BCUT2D eigenvalue weighted by Gasteiger charge is -2.17. The Morgan fingerprint density at radius 1 is 1.67 bits per heavy atom. The third kappa shape index (κ3) is 3.45. The molecule has 3 N–H and O–H groups in total. The van der Waals surface area contributed by atoms with E-state index in [1.54, 1.807) is 12.3 Å². The molecule has 1 aliphatic carbocycles. The van der Waals surface area contributed by atoms with Crippen LogP contribution in [0.4, 0.5) is 5.82 Å². The molecule has 2 rings (SSSR count). The first-order chi connectivity index (χ1) is 8.60. The van der Waals surface area contributed by atoms with Gasteiger partial charge in [0, 0.05) is 16.7 Å². The van der Waals surface area contributed by atoms with Crippen LogP contribution in [0.25, 0.3) is 0 Å². The van der Waals surface area contributed by atoms with Crippen molar-refractivity contribution < 1.29 is 4.79 Å². The third-order valence-corrected chi connectivity index (χ3v) is 3.90. The highest BCUT2D eigenvalue weighted by molar-refractivity contribution is 9.10. The van der Waals surface area contributed by atoms with Gasteiger partial charge in [0.05, 0.1) is 5.56 Å².